The van der Waals surface area contributed by atoms with Gasteiger partial charge in [0, 0.05) is 5.41 Å². The smallest absolute Gasteiger partial charge is 0.178 e. The summed E-state index contributed by atoms with van der Waals surface area (Å²) in [6, 6.07) is 0. The van der Waals surface area contributed by atoms with Crippen molar-refractivity contribution < 1.29 is 18.7 Å². The van der Waals surface area contributed by atoms with E-state index in [1.54, 1.807) is 20.8 Å². The number of allylic oxidation sites excluding steroid dienone is 4. The molecule has 5 atom stereocenters. The molecule has 2 aliphatic rings. The number of alkyl halides is 2. The van der Waals surface area contributed by atoms with Gasteiger partial charge in [0.2, 0.25) is 0 Å². The second-order valence-electron chi connectivity index (χ2n) is 5.83. The van der Waals surface area contributed by atoms with Crippen LogP contribution in [0.25, 0.3) is 0 Å². The Morgan fingerprint density at radius 3 is 2.79 bits per heavy atom. The Balaban J connectivity index is 2.58. The van der Waals surface area contributed by atoms with E-state index in [0.717, 1.165) is 0 Å². The molecule has 0 amide bonds. The van der Waals surface area contributed by atoms with Crippen LogP contribution in [0, 0.1) is 11.3 Å². The number of hydrogen-bond acceptors (Lipinski definition) is 2. The molecule has 1 saturated carbocycles. The summed E-state index contributed by atoms with van der Waals surface area (Å²) in [4.78, 5) is 11.4. The summed E-state index contributed by atoms with van der Waals surface area (Å²) in [5, 5.41) is 10.1. The van der Waals surface area contributed by atoms with Gasteiger partial charge in [-0.1, -0.05) is 19.9 Å². The van der Waals surface area contributed by atoms with Crippen LogP contribution in [0.1, 0.15) is 33.6 Å². The summed E-state index contributed by atoms with van der Waals surface area (Å²) in [5.74, 6) is -0.935. The maximum Gasteiger partial charge on any atom is 0.178 e. The second-order valence-corrected chi connectivity index (χ2v) is 5.83. The number of carbonyl (C=O) groups is 1. The minimum atomic E-state index is -1.95. The molecule has 19 heavy (non-hydrogen) atoms. The number of hydrogen-bond donors (Lipinski definition) is 1. The number of aliphatic hydroxyl groups is 1. The molecular formula is C15H20F2O2. The largest absolute Gasteiger partial charge is 0.390 e. The second kappa shape index (κ2) is 4.51. The minimum absolute atomic E-state index is 0.00387. The van der Waals surface area contributed by atoms with Gasteiger partial charge in [-0.25, -0.2) is 8.78 Å². The van der Waals surface area contributed by atoms with Crippen LogP contribution in [0.15, 0.2) is 23.8 Å². The molecule has 0 spiro atoms. The van der Waals surface area contributed by atoms with E-state index in [0.29, 0.717) is 0 Å². The Labute approximate surface area is 112 Å². The van der Waals surface area contributed by atoms with Crippen molar-refractivity contribution in [1.82, 2.24) is 0 Å². The molecule has 4 heteroatoms. The lowest BCUT2D eigenvalue weighted by molar-refractivity contribution is -0.126. The van der Waals surface area contributed by atoms with Gasteiger partial charge in [0.05, 0.1) is 6.10 Å². The lowest BCUT2D eigenvalue weighted by Gasteiger charge is -2.53. The number of fused-ring (bicyclic) bond motifs is 1. The van der Waals surface area contributed by atoms with E-state index < -0.39 is 29.3 Å². The highest BCUT2D eigenvalue weighted by atomic mass is 19.1. The maximum absolute atomic E-state index is 15.6. The molecule has 2 aliphatic carbocycles. The topological polar surface area (TPSA) is 37.3 Å². The van der Waals surface area contributed by atoms with Crippen LogP contribution in [-0.4, -0.2) is 28.8 Å². The number of rotatable bonds is 2. The van der Waals surface area contributed by atoms with Crippen LogP contribution in [0.2, 0.25) is 0 Å². The quantitative estimate of drug-likeness (QED) is 0.837. The van der Waals surface area contributed by atoms with E-state index in [1.807, 2.05) is 0 Å². The van der Waals surface area contributed by atoms with Crippen LogP contribution in [-0.2, 0) is 4.79 Å². The van der Waals surface area contributed by atoms with E-state index in [4.69, 9.17) is 0 Å². The van der Waals surface area contributed by atoms with Crippen LogP contribution in [0.5, 0.6) is 0 Å². The predicted octanol–water partition coefficient (Wildman–Crippen LogP) is 2.92. The predicted molar refractivity (Wildman–Crippen MR) is 69.2 cm³/mol. The first-order valence-electron chi connectivity index (χ1n) is 6.73. The summed E-state index contributed by atoms with van der Waals surface area (Å²) in [7, 11) is 0. The van der Waals surface area contributed by atoms with E-state index in [9.17, 15) is 14.3 Å². The van der Waals surface area contributed by atoms with Crippen LogP contribution >= 0.6 is 0 Å². The van der Waals surface area contributed by atoms with E-state index in [1.165, 1.54) is 18.2 Å². The van der Waals surface area contributed by atoms with Crippen LogP contribution < -0.4 is 0 Å². The number of ketones is 1. The Hall–Kier alpha value is -1.03. The fraction of sp³-hybridized carbons (Fsp3) is 0.667. The Morgan fingerprint density at radius 1 is 1.58 bits per heavy atom. The number of carbonyl (C=O) groups excluding carboxylic acids is 1. The minimum Gasteiger partial charge on any atom is -0.390 e. The summed E-state index contributed by atoms with van der Waals surface area (Å²) in [5.41, 5.74) is -3.05. The first kappa shape index (κ1) is 14.4. The van der Waals surface area contributed by atoms with Crippen molar-refractivity contribution >= 4 is 5.78 Å². The highest BCUT2D eigenvalue weighted by Crippen LogP contribution is 2.57. The third-order valence-electron chi connectivity index (χ3n) is 4.76. The monoisotopic (exact) mass is 270 g/mol. The fourth-order valence-corrected chi connectivity index (χ4v) is 3.55. The molecule has 0 heterocycles. The van der Waals surface area contributed by atoms with Crippen molar-refractivity contribution in [3.63, 3.8) is 0 Å². The van der Waals surface area contributed by atoms with Gasteiger partial charge >= 0.3 is 0 Å². The maximum atomic E-state index is 15.6. The first-order valence-corrected chi connectivity index (χ1v) is 6.73. The zero-order valence-electron chi connectivity index (χ0n) is 11.5. The van der Waals surface area contributed by atoms with Gasteiger partial charge < -0.3 is 5.11 Å². The average molecular weight is 270 g/mol. The van der Waals surface area contributed by atoms with Crippen LogP contribution in [0.3, 0.4) is 0 Å². The molecule has 2 rings (SSSR count). The molecule has 0 aromatic heterocycles. The van der Waals surface area contributed by atoms with E-state index in [2.05, 4.69) is 0 Å². The summed E-state index contributed by atoms with van der Waals surface area (Å²) >= 11 is 0. The first-order chi connectivity index (χ1) is 8.77. The van der Waals surface area contributed by atoms with Gasteiger partial charge in [0.25, 0.3) is 0 Å². The van der Waals surface area contributed by atoms with Crippen LogP contribution in [0.4, 0.5) is 8.78 Å². The molecule has 0 aromatic carbocycles. The summed E-state index contributed by atoms with van der Waals surface area (Å²) in [6.07, 6.45) is 1.62. The Bertz CT molecular complexity index is 457. The lowest BCUT2D eigenvalue weighted by Crippen LogP contribution is -2.60. The van der Waals surface area contributed by atoms with Crippen molar-refractivity contribution in [2.24, 2.45) is 11.3 Å². The number of aliphatic hydroxyl groups excluding tert-OH is 1. The molecule has 0 saturated heterocycles. The molecule has 1 fully saturated rings. The van der Waals surface area contributed by atoms with Gasteiger partial charge in [-0.05, 0) is 43.4 Å². The fourth-order valence-electron chi connectivity index (χ4n) is 3.55. The van der Waals surface area contributed by atoms with Crippen molar-refractivity contribution in [3.8, 4) is 0 Å². The van der Waals surface area contributed by atoms with Gasteiger partial charge in [-0.2, -0.15) is 0 Å². The average Bonchev–Trinajstić information content (AvgIpc) is 2.37. The Morgan fingerprint density at radius 2 is 2.21 bits per heavy atom. The van der Waals surface area contributed by atoms with Crippen molar-refractivity contribution in [3.05, 3.63) is 23.8 Å². The SMILES string of the molecule is CCC(O)C1(F)C(C)CC(F)C2=CC(=O)C=CC21C. The molecule has 0 radical (unpaired) electrons. The summed E-state index contributed by atoms with van der Waals surface area (Å²) < 4.78 is 29.8. The van der Waals surface area contributed by atoms with Gasteiger partial charge in [-0.3, -0.25) is 4.79 Å². The molecule has 0 bridgehead atoms. The zero-order chi connectivity index (χ0) is 14.4. The standard InChI is InChI=1S/C15H20F2O2/c1-4-13(19)15(17)9(2)7-12(16)11-8-10(18)5-6-14(11,15)3/h5-6,8-9,12-13,19H,4,7H2,1-3H3. The van der Waals surface area contributed by atoms with Crippen molar-refractivity contribution in [2.75, 3.05) is 0 Å². The normalized spacial score (nSPS) is 43.7. The number of halogens is 2. The Kier molecular flexibility index (Phi) is 3.42. The third-order valence-corrected chi connectivity index (χ3v) is 4.76. The molecule has 2 nitrogen and oxygen atoms in total. The molecule has 0 aliphatic heterocycles. The molecular weight excluding hydrogens is 250 g/mol. The highest BCUT2D eigenvalue weighted by molar-refractivity contribution is 6.01. The van der Waals surface area contributed by atoms with Gasteiger partial charge in [-0.15, -0.1) is 0 Å². The lowest BCUT2D eigenvalue weighted by atomic mass is 9.54. The molecule has 0 aromatic rings. The van der Waals surface area contributed by atoms with Gasteiger partial charge in [0.15, 0.2) is 11.5 Å². The zero-order valence-corrected chi connectivity index (χ0v) is 11.5. The molecule has 106 valence electrons. The van der Waals surface area contributed by atoms with Crippen molar-refractivity contribution in [1.29, 1.82) is 0 Å². The van der Waals surface area contributed by atoms with Crippen molar-refractivity contribution in [2.45, 2.75) is 51.6 Å². The molecule has 5 unspecified atom stereocenters. The van der Waals surface area contributed by atoms with E-state index >= 15 is 4.39 Å². The summed E-state index contributed by atoms with van der Waals surface area (Å²) in [6.45, 7) is 4.89. The molecule has 1 N–H and O–H groups in total. The highest BCUT2D eigenvalue weighted by Gasteiger charge is 2.62. The van der Waals surface area contributed by atoms with Gasteiger partial charge in [0.1, 0.15) is 6.17 Å². The van der Waals surface area contributed by atoms with E-state index in [-0.39, 0.29) is 24.2 Å². The third kappa shape index (κ3) is 1.80.